The van der Waals surface area contributed by atoms with Gasteiger partial charge in [-0.2, -0.15) is 0 Å². The molecular formula is C34H52NiP2. The average molecular weight is 581 g/mol. The first kappa shape index (κ1) is 20.3. The van der Waals surface area contributed by atoms with Gasteiger partial charge in [-0.05, 0) is 0 Å². The van der Waals surface area contributed by atoms with Gasteiger partial charge in [-0.1, -0.05) is 0 Å². The molecular weight excluding hydrogens is 529 g/mol. The minimum atomic E-state index is -3.19. The van der Waals surface area contributed by atoms with Gasteiger partial charge in [-0.3, -0.25) is 0 Å². The summed E-state index contributed by atoms with van der Waals surface area (Å²) in [5.74, 6) is 0. The molecule has 3 heteroatoms. The van der Waals surface area contributed by atoms with E-state index in [0.29, 0.717) is 15.8 Å². The minimum absolute atomic E-state index is 0.373. The first-order valence-electron chi connectivity index (χ1n) is 17.7. The number of hydrogen-bond acceptors (Lipinski definition) is 0. The van der Waals surface area contributed by atoms with Crippen molar-refractivity contribution < 1.29 is 6.23 Å². The molecule has 0 aromatic carbocycles. The summed E-state index contributed by atoms with van der Waals surface area (Å²) in [7, 11) is 0.746. The van der Waals surface area contributed by atoms with Crippen molar-refractivity contribution in [3.05, 3.63) is 0 Å². The molecule has 0 aromatic rings. The van der Waals surface area contributed by atoms with Gasteiger partial charge >= 0.3 is 220 Å². The van der Waals surface area contributed by atoms with Crippen LogP contribution in [0.4, 0.5) is 0 Å². The van der Waals surface area contributed by atoms with Crippen molar-refractivity contribution in [2.24, 2.45) is 0 Å². The van der Waals surface area contributed by atoms with Gasteiger partial charge in [0.25, 0.3) is 0 Å². The van der Waals surface area contributed by atoms with Crippen molar-refractivity contribution >= 4 is 15.8 Å². The molecule has 1 spiro atoms. The first-order valence-corrected chi connectivity index (χ1v) is 26.2. The predicted molar refractivity (Wildman–Crippen MR) is 157 cm³/mol. The third-order valence-corrected chi connectivity index (χ3v) is 75.7. The Labute approximate surface area is 219 Å². The third-order valence-electron chi connectivity index (χ3n) is 21.9. The van der Waals surface area contributed by atoms with Crippen LogP contribution < -0.4 is 0 Å². The Balaban J connectivity index is 1.05. The third kappa shape index (κ3) is 0.561. The van der Waals surface area contributed by atoms with Crippen molar-refractivity contribution in [2.45, 2.75) is 198 Å². The maximum absolute atomic E-state index is 3.19. The van der Waals surface area contributed by atoms with Crippen molar-refractivity contribution in [1.82, 2.24) is 0 Å². The molecule has 0 aromatic heterocycles. The standard InChI is InChI=1S/C29H47P2.C5H5.Ni/c1-5-14-24(15-6-1)30(25-16-7-2-8-17-25)28-22-13-23-29(28)31(26-18-9-3-10-19-26)27-20-11-4-12-21-27;1-2-4-5-3-1;/h13,22-27H,1-12,14-21H2;1-5H;. The Morgan fingerprint density at radius 1 is 0.351 bits per heavy atom. The van der Waals surface area contributed by atoms with E-state index in [1.54, 1.807) is 168 Å². The predicted octanol–water partition coefficient (Wildman–Crippen LogP) is 11.5. The summed E-state index contributed by atoms with van der Waals surface area (Å²) in [5.41, 5.74) is 5.15. The molecule has 10 aliphatic heterocycles. The second-order valence-corrected chi connectivity index (χ2v) is 46.3. The first-order chi connectivity index (χ1) is 18.1. The fourth-order valence-corrected chi connectivity index (χ4v) is 120. The summed E-state index contributed by atoms with van der Waals surface area (Å²) >= 11 is 0. The Morgan fingerprint density at radius 2 is 0.622 bits per heavy atom. The summed E-state index contributed by atoms with van der Waals surface area (Å²) in [6.45, 7) is 0. The van der Waals surface area contributed by atoms with Crippen molar-refractivity contribution in [2.75, 3.05) is 0 Å². The van der Waals surface area contributed by atoms with E-state index in [-0.39, 0.29) is 0 Å². The zero-order valence-corrected chi connectivity index (χ0v) is 26.1. The second-order valence-electron chi connectivity index (χ2n) is 18.9. The van der Waals surface area contributed by atoms with E-state index in [9.17, 15) is 0 Å². The number of hydrogen-bond donors (Lipinski definition) is 0. The van der Waals surface area contributed by atoms with Gasteiger partial charge < -0.3 is 0 Å². The van der Waals surface area contributed by atoms with E-state index >= 15 is 0 Å². The van der Waals surface area contributed by atoms with Crippen LogP contribution in [0.25, 0.3) is 0 Å². The van der Waals surface area contributed by atoms with Crippen LogP contribution in [0, 0.1) is 0 Å². The van der Waals surface area contributed by atoms with E-state index in [4.69, 9.17) is 0 Å². The molecule has 14 aliphatic rings. The molecule has 0 N–H and O–H groups in total. The summed E-state index contributed by atoms with van der Waals surface area (Å²) in [6.07, 6.45) is 30.2. The van der Waals surface area contributed by atoms with Gasteiger partial charge in [0.15, 0.2) is 0 Å². The van der Waals surface area contributed by atoms with Crippen LogP contribution in [-0.2, 0) is 6.23 Å². The Bertz CT molecular complexity index is 1340. The van der Waals surface area contributed by atoms with Crippen LogP contribution in [0.15, 0.2) is 0 Å². The molecule has 4 unspecified atom stereocenters. The molecule has 208 valence electrons. The number of rotatable bonds is 6. The van der Waals surface area contributed by atoms with Crippen LogP contribution in [0.1, 0.15) is 128 Å². The van der Waals surface area contributed by atoms with Gasteiger partial charge in [-0.25, -0.2) is 0 Å². The summed E-state index contributed by atoms with van der Waals surface area (Å²) in [5, 5.41) is 0. The molecule has 0 radical (unpaired) electrons. The topological polar surface area (TPSA) is 0 Å². The molecule has 4 aliphatic carbocycles. The van der Waals surface area contributed by atoms with Crippen LogP contribution >= 0.6 is 15.8 Å². The normalized spacial score (nSPS) is 75.6. The van der Waals surface area contributed by atoms with E-state index in [0.717, 1.165) is 0 Å². The molecule has 4 atom stereocenters. The second kappa shape index (κ2) is 3.41. The van der Waals surface area contributed by atoms with E-state index in [2.05, 4.69) is 0 Å². The van der Waals surface area contributed by atoms with Gasteiger partial charge in [0.2, 0.25) is 0 Å². The fourth-order valence-electron chi connectivity index (χ4n) is 22.9. The van der Waals surface area contributed by atoms with Gasteiger partial charge in [0.05, 0.1) is 0 Å². The SMILES string of the molecule is C1CCC(P(C2CCCCC2)[C]23[CH]4[CH]5[CH]6[C]2(P(C2CCCCC2)C2CCCCC2)[Ni]54632789[CH]3[CH]2[CH]7[CH]8[CH]39)CC1. The molecule has 37 heavy (non-hydrogen) atoms. The Hall–Kier alpha value is 1.35. The molecule has 4 saturated carbocycles. The van der Waals surface area contributed by atoms with E-state index in [1.807, 2.05) is 0 Å². The quantitative estimate of drug-likeness (QED) is 0.216. The Kier molecular flexibility index (Phi) is 1.87. The summed E-state index contributed by atoms with van der Waals surface area (Å²) in [6, 6.07) is 0. The summed E-state index contributed by atoms with van der Waals surface area (Å²) in [4.78, 5) is 12.5. The van der Waals surface area contributed by atoms with Gasteiger partial charge in [0, 0.05) is 0 Å². The van der Waals surface area contributed by atoms with Crippen molar-refractivity contribution in [1.29, 1.82) is 0 Å². The van der Waals surface area contributed by atoms with Crippen molar-refractivity contribution in [3.8, 4) is 0 Å². The monoisotopic (exact) mass is 580 g/mol. The number of fused-ring (bicyclic) bond motifs is 10. The molecule has 0 nitrogen and oxygen atoms in total. The Morgan fingerprint density at radius 3 is 0.838 bits per heavy atom. The summed E-state index contributed by atoms with van der Waals surface area (Å²) < 4.78 is 2.46. The maximum atomic E-state index is 1.73. The molecule has 14 fully saturated rings. The zero-order valence-electron chi connectivity index (χ0n) is 23.3. The van der Waals surface area contributed by atoms with E-state index < -0.39 is 6.23 Å². The molecule has 0 bridgehead atoms. The van der Waals surface area contributed by atoms with Crippen LogP contribution in [-0.4, -0.2) is 30.9 Å². The van der Waals surface area contributed by atoms with E-state index in [1.165, 1.54) is 30.9 Å². The average Bonchev–Trinajstić information content (AvgIpc) is 3.92. The van der Waals surface area contributed by atoms with Crippen LogP contribution in [0.3, 0.4) is 0 Å². The molecule has 0 amide bonds. The zero-order chi connectivity index (χ0) is 23.5. The molecule has 14 rings (SSSR count). The van der Waals surface area contributed by atoms with Gasteiger partial charge in [-0.15, -0.1) is 0 Å². The molecule has 10 saturated heterocycles. The van der Waals surface area contributed by atoms with Crippen LogP contribution in [0.5, 0.6) is 0 Å². The van der Waals surface area contributed by atoms with Crippen molar-refractivity contribution in [3.63, 3.8) is 0 Å². The fraction of sp³-hybridized carbons (Fsp3) is 1.00. The van der Waals surface area contributed by atoms with Crippen LogP contribution in [0.2, 0.25) is 39.1 Å². The molecule has 10 heterocycles. The van der Waals surface area contributed by atoms with Gasteiger partial charge in [0.1, 0.15) is 0 Å².